The summed E-state index contributed by atoms with van der Waals surface area (Å²) < 4.78 is 12.7. The average molecular weight is 197 g/mol. The summed E-state index contributed by atoms with van der Waals surface area (Å²) in [5, 5.41) is 0. The van der Waals surface area contributed by atoms with Gasteiger partial charge in [0.15, 0.2) is 5.65 Å². The highest BCUT2D eigenvalue weighted by atomic mass is 32.1. The number of fused-ring (bicyclic) bond motifs is 1. The van der Waals surface area contributed by atoms with Crippen LogP contribution in [0.15, 0.2) is 12.3 Å². The first-order valence-electron chi connectivity index (χ1n) is 3.90. The van der Waals surface area contributed by atoms with Gasteiger partial charge in [-0.15, -0.1) is 0 Å². The molecule has 0 unspecified atom stereocenters. The summed E-state index contributed by atoms with van der Waals surface area (Å²) in [6, 6.07) is 1.39. The molecule has 0 saturated heterocycles. The van der Waals surface area contributed by atoms with E-state index in [1.54, 1.807) is 0 Å². The van der Waals surface area contributed by atoms with Crippen molar-refractivity contribution in [1.82, 2.24) is 15.0 Å². The Labute approximate surface area is 79.8 Å². The molecule has 3 nitrogen and oxygen atoms in total. The van der Waals surface area contributed by atoms with Gasteiger partial charge in [0.05, 0.1) is 11.7 Å². The van der Waals surface area contributed by atoms with Crippen LogP contribution < -0.4 is 0 Å². The van der Waals surface area contributed by atoms with Crippen LogP contribution in [-0.2, 0) is 6.42 Å². The molecule has 68 valence electrons. The Morgan fingerprint density at radius 1 is 1.54 bits per heavy atom. The van der Waals surface area contributed by atoms with Crippen molar-refractivity contribution in [1.29, 1.82) is 0 Å². The van der Waals surface area contributed by atoms with Crippen LogP contribution in [0.5, 0.6) is 0 Å². The Bertz CT molecular complexity index is 426. The van der Waals surface area contributed by atoms with Gasteiger partial charge in [0.1, 0.15) is 11.6 Å². The first-order valence-corrected chi connectivity index (χ1v) is 4.54. The third-order valence-corrected chi connectivity index (χ3v) is 1.93. The monoisotopic (exact) mass is 197 g/mol. The number of H-pyrrole nitrogens is 1. The lowest BCUT2D eigenvalue weighted by Gasteiger charge is -1.86. The molecule has 0 amide bonds. The van der Waals surface area contributed by atoms with Gasteiger partial charge in [0.2, 0.25) is 0 Å². The second-order valence-corrected chi connectivity index (χ2v) is 3.13. The molecule has 2 aromatic heterocycles. The van der Waals surface area contributed by atoms with Gasteiger partial charge in [-0.25, -0.2) is 14.4 Å². The van der Waals surface area contributed by atoms with E-state index in [1.165, 1.54) is 6.07 Å². The molecule has 0 atom stereocenters. The Balaban J connectivity index is 2.49. The molecule has 0 aromatic carbocycles. The molecule has 5 heteroatoms. The molecule has 0 saturated carbocycles. The summed E-state index contributed by atoms with van der Waals surface area (Å²) in [6.45, 7) is 0. The van der Waals surface area contributed by atoms with E-state index in [0.29, 0.717) is 16.9 Å². The molecule has 0 aliphatic heterocycles. The summed E-state index contributed by atoms with van der Waals surface area (Å²) in [6.07, 6.45) is 1.90. The van der Waals surface area contributed by atoms with E-state index in [1.807, 2.05) is 0 Å². The number of aromatic nitrogens is 3. The summed E-state index contributed by atoms with van der Waals surface area (Å²) >= 11 is 4.08. The molecule has 1 N–H and O–H groups in total. The van der Waals surface area contributed by atoms with Crippen LogP contribution in [0, 0.1) is 5.82 Å². The Kier molecular flexibility index (Phi) is 2.18. The third kappa shape index (κ3) is 1.65. The van der Waals surface area contributed by atoms with E-state index >= 15 is 0 Å². The van der Waals surface area contributed by atoms with Crippen molar-refractivity contribution < 1.29 is 4.39 Å². The van der Waals surface area contributed by atoms with Gasteiger partial charge in [-0.2, -0.15) is 12.6 Å². The molecule has 13 heavy (non-hydrogen) atoms. The van der Waals surface area contributed by atoms with Crippen molar-refractivity contribution in [3.05, 3.63) is 23.9 Å². The first kappa shape index (κ1) is 8.50. The number of hydrogen-bond acceptors (Lipinski definition) is 3. The van der Waals surface area contributed by atoms with E-state index in [2.05, 4.69) is 27.6 Å². The van der Waals surface area contributed by atoms with Crippen molar-refractivity contribution in [2.24, 2.45) is 0 Å². The van der Waals surface area contributed by atoms with E-state index in [9.17, 15) is 4.39 Å². The number of pyridine rings is 1. The van der Waals surface area contributed by atoms with Crippen LogP contribution in [0.4, 0.5) is 4.39 Å². The number of nitrogens with zero attached hydrogens (tertiary/aromatic N) is 2. The van der Waals surface area contributed by atoms with Crippen LogP contribution in [0.25, 0.3) is 11.2 Å². The molecule has 0 aliphatic carbocycles. The second kappa shape index (κ2) is 3.33. The number of aromatic amines is 1. The standard InChI is InChI=1S/C8H8FN3S/c9-5-3-6-8(10-4-5)12-7(11-6)1-2-13/h3-4,13H,1-2H2,(H,10,11,12). The predicted octanol–water partition coefficient (Wildman–Crippen LogP) is 1.57. The van der Waals surface area contributed by atoms with Gasteiger partial charge in [-0.05, 0) is 5.75 Å². The summed E-state index contributed by atoms with van der Waals surface area (Å²) in [7, 11) is 0. The maximum atomic E-state index is 12.7. The number of nitrogens with one attached hydrogen (secondary N) is 1. The van der Waals surface area contributed by atoms with Crippen molar-refractivity contribution >= 4 is 23.8 Å². The molecule has 2 aromatic rings. The Morgan fingerprint density at radius 2 is 2.38 bits per heavy atom. The lowest BCUT2D eigenvalue weighted by Crippen LogP contribution is -1.87. The lowest BCUT2D eigenvalue weighted by atomic mass is 10.4. The molecule has 0 aliphatic rings. The van der Waals surface area contributed by atoms with Gasteiger partial charge in [0.25, 0.3) is 0 Å². The Hall–Kier alpha value is -1.10. The third-order valence-electron chi connectivity index (χ3n) is 1.70. The van der Waals surface area contributed by atoms with Crippen LogP contribution in [0.2, 0.25) is 0 Å². The highest BCUT2D eigenvalue weighted by Crippen LogP contribution is 2.10. The maximum absolute atomic E-state index is 12.7. The number of imidazole rings is 1. The highest BCUT2D eigenvalue weighted by molar-refractivity contribution is 7.80. The Morgan fingerprint density at radius 3 is 3.15 bits per heavy atom. The fraction of sp³-hybridized carbons (Fsp3) is 0.250. The normalized spacial score (nSPS) is 10.9. The first-order chi connectivity index (χ1) is 6.29. The number of thiol groups is 1. The van der Waals surface area contributed by atoms with Gasteiger partial charge >= 0.3 is 0 Å². The van der Waals surface area contributed by atoms with Gasteiger partial charge in [-0.1, -0.05) is 0 Å². The number of halogens is 1. The average Bonchev–Trinajstić information content (AvgIpc) is 2.46. The minimum absolute atomic E-state index is 0.353. The zero-order chi connectivity index (χ0) is 9.26. The molecule has 0 bridgehead atoms. The van der Waals surface area contributed by atoms with E-state index in [4.69, 9.17) is 0 Å². The number of aryl methyl sites for hydroxylation is 1. The largest absolute Gasteiger partial charge is 0.340 e. The molecule has 0 radical (unpaired) electrons. The molecular formula is C8H8FN3S. The zero-order valence-corrected chi connectivity index (χ0v) is 7.68. The topological polar surface area (TPSA) is 41.6 Å². The van der Waals surface area contributed by atoms with E-state index in [0.717, 1.165) is 18.4 Å². The summed E-state index contributed by atoms with van der Waals surface area (Å²) in [5.74, 6) is 1.15. The molecule has 2 heterocycles. The number of hydrogen-bond donors (Lipinski definition) is 2. The molecule has 0 fully saturated rings. The van der Waals surface area contributed by atoms with Crippen LogP contribution in [0.1, 0.15) is 5.82 Å². The van der Waals surface area contributed by atoms with Crippen LogP contribution >= 0.6 is 12.6 Å². The molecule has 0 spiro atoms. The number of rotatable bonds is 2. The fourth-order valence-corrected chi connectivity index (χ4v) is 1.36. The fourth-order valence-electron chi connectivity index (χ4n) is 1.15. The second-order valence-electron chi connectivity index (χ2n) is 2.68. The van der Waals surface area contributed by atoms with Crippen molar-refractivity contribution in [3.63, 3.8) is 0 Å². The minimum Gasteiger partial charge on any atom is -0.340 e. The quantitative estimate of drug-likeness (QED) is 0.717. The van der Waals surface area contributed by atoms with Crippen molar-refractivity contribution in [2.75, 3.05) is 5.75 Å². The van der Waals surface area contributed by atoms with E-state index in [-0.39, 0.29) is 5.82 Å². The van der Waals surface area contributed by atoms with Crippen LogP contribution in [-0.4, -0.2) is 20.7 Å². The highest BCUT2D eigenvalue weighted by Gasteiger charge is 2.03. The maximum Gasteiger partial charge on any atom is 0.177 e. The van der Waals surface area contributed by atoms with E-state index < -0.39 is 0 Å². The van der Waals surface area contributed by atoms with Gasteiger partial charge in [0, 0.05) is 12.5 Å². The van der Waals surface area contributed by atoms with Crippen molar-refractivity contribution in [3.8, 4) is 0 Å². The summed E-state index contributed by atoms with van der Waals surface area (Å²) in [5.41, 5.74) is 1.19. The van der Waals surface area contributed by atoms with Gasteiger partial charge < -0.3 is 4.98 Å². The molecule has 2 rings (SSSR count). The smallest absolute Gasteiger partial charge is 0.177 e. The summed E-state index contributed by atoms with van der Waals surface area (Å²) in [4.78, 5) is 11.0. The zero-order valence-electron chi connectivity index (χ0n) is 6.79. The van der Waals surface area contributed by atoms with Crippen molar-refractivity contribution in [2.45, 2.75) is 6.42 Å². The SMILES string of the molecule is Fc1cnc2nc(CCS)[nH]c2c1. The minimum atomic E-state index is -0.353. The predicted molar refractivity (Wildman–Crippen MR) is 51.4 cm³/mol. The van der Waals surface area contributed by atoms with Crippen LogP contribution in [0.3, 0.4) is 0 Å². The molecular weight excluding hydrogens is 189 g/mol. The van der Waals surface area contributed by atoms with Gasteiger partial charge in [-0.3, -0.25) is 0 Å². The lowest BCUT2D eigenvalue weighted by molar-refractivity contribution is 0.624.